The van der Waals surface area contributed by atoms with Crippen molar-refractivity contribution in [1.82, 2.24) is 10.2 Å². The molecule has 6 nitrogen and oxygen atoms in total. The van der Waals surface area contributed by atoms with E-state index in [-0.39, 0.29) is 36.0 Å². The molecule has 29 heavy (non-hydrogen) atoms. The van der Waals surface area contributed by atoms with Gasteiger partial charge in [0.15, 0.2) is 0 Å². The second-order valence-corrected chi connectivity index (χ2v) is 6.96. The summed E-state index contributed by atoms with van der Waals surface area (Å²) in [4.78, 5) is 26.5. The zero-order chi connectivity index (χ0) is 19.9. The lowest BCUT2D eigenvalue weighted by Crippen LogP contribution is -2.47. The van der Waals surface area contributed by atoms with Gasteiger partial charge in [0.25, 0.3) is 0 Å². The van der Waals surface area contributed by atoms with Gasteiger partial charge < -0.3 is 21.3 Å². The molecule has 0 aliphatic carbocycles. The van der Waals surface area contributed by atoms with E-state index in [1.165, 1.54) is 12.1 Å². The van der Waals surface area contributed by atoms with Gasteiger partial charge in [0, 0.05) is 25.7 Å². The van der Waals surface area contributed by atoms with Crippen molar-refractivity contribution >= 4 is 30.0 Å². The van der Waals surface area contributed by atoms with Gasteiger partial charge in [-0.2, -0.15) is 0 Å². The number of rotatable bonds is 5. The third kappa shape index (κ3) is 6.17. The lowest BCUT2D eigenvalue weighted by Gasteiger charge is -2.32. The first kappa shape index (κ1) is 22.6. The van der Waals surface area contributed by atoms with Gasteiger partial charge in [0.05, 0.1) is 11.6 Å². The molecule has 156 valence electrons. The summed E-state index contributed by atoms with van der Waals surface area (Å²) in [6.45, 7) is 1.17. The number of likely N-dealkylation sites (tertiary alicyclic amines) is 1. The maximum absolute atomic E-state index is 13.7. The molecule has 2 aromatic rings. The summed E-state index contributed by atoms with van der Waals surface area (Å²) >= 11 is 0. The van der Waals surface area contributed by atoms with Crippen molar-refractivity contribution in [2.75, 3.05) is 25.0 Å². The fourth-order valence-corrected chi connectivity index (χ4v) is 3.31. The molecule has 4 N–H and O–H groups in total. The Morgan fingerprint density at radius 3 is 2.55 bits per heavy atom. The molecule has 3 amide bonds. The quantitative estimate of drug-likeness (QED) is 0.693. The largest absolute Gasteiger partial charge is 0.354 e. The molecule has 0 saturated carbocycles. The molecule has 2 unspecified atom stereocenters. The molecular formula is C21H26ClFN4O2. The summed E-state index contributed by atoms with van der Waals surface area (Å²) in [5, 5.41) is 5.46. The molecule has 0 radical (unpaired) electrons. The van der Waals surface area contributed by atoms with Crippen LogP contribution in [0.1, 0.15) is 24.4 Å². The number of halogens is 2. The van der Waals surface area contributed by atoms with E-state index >= 15 is 0 Å². The normalized spacial score (nSPS) is 17.0. The van der Waals surface area contributed by atoms with Crippen LogP contribution in [-0.2, 0) is 4.79 Å². The summed E-state index contributed by atoms with van der Waals surface area (Å²) in [6.07, 6.45) is 1.42. The number of nitrogens with one attached hydrogen (secondary N) is 2. The van der Waals surface area contributed by atoms with E-state index in [1.54, 1.807) is 17.0 Å². The Labute approximate surface area is 176 Å². The Hall–Kier alpha value is -2.64. The van der Waals surface area contributed by atoms with Gasteiger partial charge in [-0.05, 0) is 30.5 Å². The van der Waals surface area contributed by atoms with Crippen LogP contribution < -0.4 is 16.4 Å². The Balaban J connectivity index is 0.00000300. The molecule has 8 heteroatoms. The highest BCUT2D eigenvalue weighted by atomic mass is 35.5. The van der Waals surface area contributed by atoms with Crippen LogP contribution in [0.4, 0.5) is 14.9 Å². The topological polar surface area (TPSA) is 87.5 Å². The number of amides is 3. The molecule has 0 bridgehead atoms. The van der Waals surface area contributed by atoms with Gasteiger partial charge >= 0.3 is 6.03 Å². The van der Waals surface area contributed by atoms with E-state index in [2.05, 4.69) is 10.6 Å². The Kier molecular flexibility index (Phi) is 8.42. The number of carbonyl (C=O) groups is 2. The second kappa shape index (κ2) is 10.8. The number of hydrogen-bond donors (Lipinski definition) is 3. The smallest absolute Gasteiger partial charge is 0.321 e. The highest BCUT2D eigenvalue weighted by Gasteiger charge is 2.28. The molecule has 2 atom stereocenters. The van der Waals surface area contributed by atoms with E-state index in [4.69, 9.17) is 5.73 Å². The van der Waals surface area contributed by atoms with Crippen molar-refractivity contribution < 1.29 is 14.0 Å². The van der Waals surface area contributed by atoms with Crippen LogP contribution in [0.15, 0.2) is 54.6 Å². The fraction of sp³-hybridized carbons (Fsp3) is 0.333. The zero-order valence-corrected chi connectivity index (χ0v) is 16.8. The number of nitrogens with two attached hydrogens (primary N) is 1. The van der Waals surface area contributed by atoms with Gasteiger partial charge in [-0.3, -0.25) is 4.79 Å². The van der Waals surface area contributed by atoms with Crippen LogP contribution in [0.3, 0.4) is 0 Å². The number of piperidine rings is 1. The third-order valence-electron chi connectivity index (χ3n) is 4.92. The average molecular weight is 421 g/mol. The standard InChI is InChI=1S/C21H25FN4O2.ClH/c22-17-10-4-5-11-19(17)25-21(28)26-12-6-9-16(14-26)20(27)24-13-18(23)15-7-2-1-3-8-15;/h1-5,7-8,10-11,16,18H,6,9,12-14,23H2,(H,24,27)(H,25,28);1H. The lowest BCUT2D eigenvalue weighted by molar-refractivity contribution is -0.126. The van der Waals surface area contributed by atoms with Crippen LogP contribution >= 0.6 is 12.4 Å². The number of benzene rings is 2. The first-order chi connectivity index (χ1) is 13.5. The summed E-state index contributed by atoms with van der Waals surface area (Å²) in [6, 6.07) is 14.9. The van der Waals surface area contributed by atoms with E-state index in [0.717, 1.165) is 5.56 Å². The van der Waals surface area contributed by atoms with Crippen molar-refractivity contribution in [3.05, 3.63) is 66.0 Å². The fourth-order valence-electron chi connectivity index (χ4n) is 3.31. The number of carbonyl (C=O) groups excluding carboxylic acids is 2. The predicted octanol–water partition coefficient (Wildman–Crippen LogP) is 3.31. The molecule has 1 aliphatic heterocycles. The minimum absolute atomic E-state index is 0. The van der Waals surface area contributed by atoms with Crippen LogP contribution in [-0.4, -0.2) is 36.5 Å². The van der Waals surface area contributed by atoms with Gasteiger partial charge in [0.1, 0.15) is 5.82 Å². The maximum atomic E-state index is 13.7. The van der Waals surface area contributed by atoms with Crippen molar-refractivity contribution in [2.24, 2.45) is 11.7 Å². The zero-order valence-electron chi connectivity index (χ0n) is 16.0. The van der Waals surface area contributed by atoms with Crippen LogP contribution in [0, 0.1) is 11.7 Å². The average Bonchev–Trinajstić information content (AvgIpc) is 2.74. The Morgan fingerprint density at radius 1 is 1.14 bits per heavy atom. The van der Waals surface area contributed by atoms with E-state index < -0.39 is 11.8 Å². The van der Waals surface area contributed by atoms with Crippen molar-refractivity contribution in [1.29, 1.82) is 0 Å². The second-order valence-electron chi connectivity index (χ2n) is 6.96. The minimum Gasteiger partial charge on any atom is -0.354 e. The molecule has 1 aliphatic rings. The summed E-state index contributed by atoms with van der Waals surface area (Å²) in [5.74, 6) is -0.907. The molecular weight excluding hydrogens is 395 g/mol. The summed E-state index contributed by atoms with van der Waals surface area (Å²) < 4.78 is 13.7. The Morgan fingerprint density at radius 2 is 1.83 bits per heavy atom. The van der Waals surface area contributed by atoms with Crippen LogP contribution in [0.25, 0.3) is 0 Å². The number of para-hydroxylation sites is 1. The first-order valence-electron chi connectivity index (χ1n) is 9.43. The van der Waals surface area contributed by atoms with Gasteiger partial charge in [0.2, 0.25) is 5.91 Å². The minimum atomic E-state index is -0.489. The maximum Gasteiger partial charge on any atom is 0.321 e. The molecule has 1 fully saturated rings. The lowest BCUT2D eigenvalue weighted by atomic mass is 9.97. The molecule has 2 aromatic carbocycles. The van der Waals surface area contributed by atoms with E-state index in [1.807, 2.05) is 30.3 Å². The van der Waals surface area contributed by atoms with Gasteiger partial charge in [-0.25, -0.2) is 9.18 Å². The highest BCUT2D eigenvalue weighted by Crippen LogP contribution is 2.19. The van der Waals surface area contributed by atoms with Crippen molar-refractivity contribution in [3.63, 3.8) is 0 Å². The highest BCUT2D eigenvalue weighted by molar-refractivity contribution is 5.90. The van der Waals surface area contributed by atoms with Gasteiger partial charge in [-0.15, -0.1) is 12.4 Å². The molecule has 1 heterocycles. The molecule has 0 aromatic heterocycles. The van der Waals surface area contributed by atoms with Crippen molar-refractivity contribution in [2.45, 2.75) is 18.9 Å². The molecule has 0 spiro atoms. The Bertz CT molecular complexity index is 821. The predicted molar refractivity (Wildman–Crippen MR) is 113 cm³/mol. The number of nitrogens with zero attached hydrogens (tertiary/aromatic N) is 1. The first-order valence-corrected chi connectivity index (χ1v) is 9.43. The summed E-state index contributed by atoms with van der Waals surface area (Å²) in [7, 11) is 0. The van der Waals surface area contributed by atoms with Crippen LogP contribution in [0.2, 0.25) is 0 Å². The van der Waals surface area contributed by atoms with E-state index in [0.29, 0.717) is 32.5 Å². The third-order valence-corrected chi connectivity index (χ3v) is 4.92. The van der Waals surface area contributed by atoms with Crippen molar-refractivity contribution in [3.8, 4) is 0 Å². The monoisotopic (exact) mass is 420 g/mol. The van der Waals surface area contributed by atoms with Crippen LogP contribution in [0.5, 0.6) is 0 Å². The summed E-state index contributed by atoms with van der Waals surface area (Å²) in [5.41, 5.74) is 7.21. The number of hydrogen-bond acceptors (Lipinski definition) is 3. The molecule has 1 saturated heterocycles. The number of urea groups is 1. The number of anilines is 1. The van der Waals surface area contributed by atoms with Gasteiger partial charge in [-0.1, -0.05) is 42.5 Å². The molecule has 3 rings (SSSR count). The van der Waals surface area contributed by atoms with E-state index in [9.17, 15) is 14.0 Å². The SMILES string of the molecule is Cl.NC(CNC(=O)C1CCCN(C(=O)Nc2ccccc2F)C1)c1ccccc1.